The van der Waals surface area contributed by atoms with Gasteiger partial charge in [-0.05, 0) is 37.1 Å². The Bertz CT molecular complexity index is 1120. The number of piperidine rings is 1. The highest BCUT2D eigenvalue weighted by Gasteiger charge is 2.26. The first-order valence-electron chi connectivity index (χ1n) is 10.1. The van der Waals surface area contributed by atoms with E-state index in [4.69, 9.17) is 4.98 Å². The lowest BCUT2D eigenvalue weighted by Crippen LogP contribution is -2.38. The molecule has 1 aliphatic heterocycles. The highest BCUT2D eigenvalue weighted by molar-refractivity contribution is 5.78. The topological polar surface area (TPSA) is 88.1 Å². The van der Waals surface area contributed by atoms with E-state index in [1.807, 2.05) is 0 Å². The lowest BCUT2D eigenvalue weighted by atomic mass is 9.96. The number of pyridine rings is 1. The molecule has 0 bridgehead atoms. The summed E-state index contributed by atoms with van der Waals surface area (Å²) in [5.74, 6) is 0.752. The second-order valence-corrected chi connectivity index (χ2v) is 7.56. The van der Waals surface area contributed by atoms with E-state index in [-0.39, 0.29) is 17.6 Å². The van der Waals surface area contributed by atoms with Gasteiger partial charge in [-0.2, -0.15) is 0 Å². The maximum Gasteiger partial charge on any atom is 0.219 e. The minimum absolute atomic E-state index is 0.0205. The van der Waals surface area contributed by atoms with Crippen molar-refractivity contribution < 1.29 is 14.0 Å². The van der Waals surface area contributed by atoms with Gasteiger partial charge >= 0.3 is 0 Å². The van der Waals surface area contributed by atoms with E-state index in [1.165, 1.54) is 18.3 Å². The molecule has 3 aromatic rings. The minimum Gasteiger partial charge on any atom is -0.342 e. The van der Waals surface area contributed by atoms with Crippen LogP contribution in [0.1, 0.15) is 41.9 Å². The molecule has 0 radical (unpaired) electrons. The Morgan fingerprint density at radius 2 is 2.10 bits per heavy atom. The highest BCUT2D eigenvalue weighted by Crippen LogP contribution is 2.29. The van der Waals surface area contributed by atoms with Crippen molar-refractivity contribution in [3.8, 4) is 11.3 Å². The van der Waals surface area contributed by atoms with Gasteiger partial charge in [0.2, 0.25) is 5.91 Å². The molecule has 2 aromatic heterocycles. The molecule has 1 saturated heterocycles. The van der Waals surface area contributed by atoms with Crippen molar-refractivity contribution in [3.63, 3.8) is 0 Å². The smallest absolute Gasteiger partial charge is 0.219 e. The third-order valence-corrected chi connectivity index (χ3v) is 5.26. The number of carbonyl (C=O) groups is 2. The molecule has 0 aliphatic carbocycles. The third kappa shape index (κ3) is 4.91. The summed E-state index contributed by atoms with van der Waals surface area (Å²) in [6, 6.07) is 9.57. The molecular weight excluding hydrogens is 397 g/mol. The van der Waals surface area contributed by atoms with Crippen molar-refractivity contribution in [3.05, 3.63) is 66.0 Å². The molecule has 1 amide bonds. The van der Waals surface area contributed by atoms with Crippen LogP contribution in [0.25, 0.3) is 11.3 Å². The molecule has 0 spiro atoms. The van der Waals surface area contributed by atoms with Crippen molar-refractivity contribution >= 4 is 23.7 Å². The van der Waals surface area contributed by atoms with E-state index >= 15 is 0 Å². The summed E-state index contributed by atoms with van der Waals surface area (Å²) in [6.07, 6.45) is 5.58. The first-order valence-corrected chi connectivity index (χ1v) is 10.1. The molecule has 3 heterocycles. The quantitative estimate of drug-likeness (QED) is 0.630. The van der Waals surface area contributed by atoms with E-state index in [1.54, 1.807) is 42.3 Å². The predicted octanol–water partition coefficient (Wildman–Crippen LogP) is 3.96. The zero-order valence-electron chi connectivity index (χ0n) is 17.1. The molecule has 31 heavy (non-hydrogen) atoms. The van der Waals surface area contributed by atoms with Gasteiger partial charge in [-0.1, -0.05) is 6.07 Å². The first kappa shape index (κ1) is 20.6. The fourth-order valence-corrected chi connectivity index (χ4v) is 3.71. The average Bonchev–Trinajstić information content (AvgIpc) is 2.79. The van der Waals surface area contributed by atoms with Crippen molar-refractivity contribution in [1.29, 1.82) is 0 Å². The van der Waals surface area contributed by atoms with Crippen LogP contribution >= 0.6 is 0 Å². The van der Waals surface area contributed by atoms with Gasteiger partial charge in [0.1, 0.15) is 17.5 Å². The second-order valence-electron chi connectivity index (χ2n) is 7.56. The molecule has 1 fully saturated rings. The Morgan fingerprint density at radius 1 is 1.23 bits per heavy atom. The molecule has 1 N–H and O–H groups in total. The summed E-state index contributed by atoms with van der Waals surface area (Å²) in [7, 11) is 0. The summed E-state index contributed by atoms with van der Waals surface area (Å²) in [4.78, 5) is 38.4. The van der Waals surface area contributed by atoms with Crippen LogP contribution in [0.5, 0.6) is 0 Å². The third-order valence-electron chi connectivity index (χ3n) is 5.26. The Balaban J connectivity index is 1.74. The van der Waals surface area contributed by atoms with Crippen LogP contribution in [0.2, 0.25) is 0 Å². The van der Waals surface area contributed by atoms with Gasteiger partial charge in [-0.15, -0.1) is 0 Å². The first-order chi connectivity index (χ1) is 15.0. The number of carbonyl (C=O) groups excluding carboxylic acids is 2. The summed E-state index contributed by atoms with van der Waals surface area (Å²) in [6.45, 7) is 2.84. The van der Waals surface area contributed by atoms with E-state index in [0.29, 0.717) is 40.7 Å². The van der Waals surface area contributed by atoms with Gasteiger partial charge in [0.15, 0.2) is 6.29 Å². The lowest BCUT2D eigenvalue weighted by Gasteiger charge is -2.31. The van der Waals surface area contributed by atoms with E-state index in [2.05, 4.69) is 15.3 Å². The van der Waals surface area contributed by atoms with Crippen LogP contribution in [0, 0.1) is 5.82 Å². The van der Waals surface area contributed by atoms with Gasteiger partial charge < -0.3 is 10.2 Å². The van der Waals surface area contributed by atoms with Gasteiger partial charge in [0.25, 0.3) is 0 Å². The summed E-state index contributed by atoms with van der Waals surface area (Å²) in [5, 5.41) is 3.14. The lowest BCUT2D eigenvalue weighted by molar-refractivity contribution is -0.130. The SMILES string of the molecule is CC(=O)N1CCCC(c2nc(Nc3cccc(F)c3)cc(-c3cncc(C=O)c3)n2)C1. The van der Waals surface area contributed by atoms with Crippen LogP contribution in [0.3, 0.4) is 0 Å². The molecular formula is C23H22FN5O2. The molecule has 8 heteroatoms. The number of hydrogen-bond acceptors (Lipinski definition) is 6. The number of anilines is 2. The Hall–Kier alpha value is -3.68. The standard InChI is InChI=1S/C23H22FN5O2/c1-15(31)29-7-3-4-17(13-29)23-27-21(18-8-16(14-30)11-25-12-18)10-22(28-23)26-20-6-2-5-19(24)9-20/h2,5-6,8-12,14,17H,3-4,7,13H2,1H3,(H,26,27,28). The summed E-state index contributed by atoms with van der Waals surface area (Å²) in [5.41, 5.74) is 2.27. The normalized spacial score (nSPS) is 16.1. The number of halogens is 1. The number of amides is 1. The number of nitrogens with one attached hydrogen (secondary N) is 1. The van der Waals surface area contributed by atoms with Crippen molar-refractivity contribution in [1.82, 2.24) is 19.9 Å². The number of rotatable bonds is 5. The number of hydrogen-bond donors (Lipinski definition) is 1. The summed E-state index contributed by atoms with van der Waals surface area (Å²) < 4.78 is 13.6. The van der Waals surface area contributed by atoms with Gasteiger partial charge in [0.05, 0.1) is 5.69 Å². The molecule has 158 valence electrons. The largest absolute Gasteiger partial charge is 0.342 e. The minimum atomic E-state index is -0.355. The van der Waals surface area contributed by atoms with E-state index in [0.717, 1.165) is 25.7 Å². The van der Waals surface area contributed by atoms with Gasteiger partial charge in [0, 0.05) is 61.2 Å². The number of aromatic nitrogens is 3. The molecule has 0 saturated carbocycles. The number of likely N-dealkylation sites (tertiary alicyclic amines) is 1. The molecule has 1 unspecified atom stereocenters. The van der Waals surface area contributed by atoms with Crippen LogP contribution < -0.4 is 5.32 Å². The monoisotopic (exact) mass is 419 g/mol. The summed E-state index contributed by atoms with van der Waals surface area (Å²) >= 11 is 0. The molecule has 4 rings (SSSR count). The zero-order valence-corrected chi connectivity index (χ0v) is 17.1. The van der Waals surface area contributed by atoms with Crippen molar-refractivity contribution in [2.75, 3.05) is 18.4 Å². The van der Waals surface area contributed by atoms with E-state index in [9.17, 15) is 14.0 Å². The Morgan fingerprint density at radius 3 is 2.87 bits per heavy atom. The fourth-order valence-electron chi connectivity index (χ4n) is 3.71. The van der Waals surface area contributed by atoms with E-state index < -0.39 is 0 Å². The van der Waals surface area contributed by atoms with Gasteiger partial charge in [-0.25, -0.2) is 14.4 Å². The highest BCUT2D eigenvalue weighted by atomic mass is 19.1. The predicted molar refractivity (Wildman–Crippen MR) is 115 cm³/mol. The van der Waals surface area contributed by atoms with Crippen molar-refractivity contribution in [2.24, 2.45) is 0 Å². The van der Waals surface area contributed by atoms with Gasteiger partial charge in [-0.3, -0.25) is 14.6 Å². The maximum absolute atomic E-state index is 13.6. The molecule has 1 aromatic carbocycles. The number of benzene rings is 1. The number of nitrogens with zero attached hydrogens (tertiary/aromatic N) is 4. The fraction of sp³-hybridized carbons (Fsp3) is 0.261. The number of aldehydes is 1. The second kappa shape index (κ2) is 8.99. The molecule has 7 nitrogen and oxygen atoms in total. The van der Waals surface area contributed by atoms with Crippen molar-refractivity contribution in [2.45, 2.75) is 25.7 Å². The van der Waals surface area contributed by atoms with Crippen LogP contribution in [0.4, 0.5) is 15.9 Å². The maximum atomic E-state index is 13.6. The Labute approximate surface area is 179 Å². The van der Waals surface area contributed by atoms with Crippen LogP contribution in [-0.4, -0.2) is 45.1 Å². The molecule has 1 atom stereocenters. The average molecular weight is 419 g/mol. The molecule has 1 aliphatic rings. The Kier molecular flexibility index (Phi) is 5.97. The van der Waals surface area contributed by atoms with Crippen LogP contribution in [0.15, 0.2) is 48.8 Å². The van der Waals surface area contributed by atoms with Crippen LogP contribution in [-0.2, 0) is 4.79 Å². The zero-order chi connectivity index (χ0) is 21.8.